The molecular formula is C15H22FNO. The van der Waals surface area contributed by atoms with Crippen LogP contribution in [0.3, 0.4) is 0 Å². The van der Waals surface area contributed by atoms with Crippen molar-refractivity contribution in [2.75, 3.05) is 13.1 Å². The van der Waals surface area contributed by atoms with Gasteiger partial charge in [-0.25, -0.2) is 4.39 Å². The molecule has 2 rings (SSSR count). The number of aliphatic hydroxyl groups is 1. The van der Waals surface area contributed by atoms with Crippen molar-refractivity contribution in [3.05, 3.63) is 35.1 Å². The Balaban J connectivity index is 1.89. The fourth-order valence-electron chi connectivity index (χ4n) is 2.66. The van der Waals surface area contributed by atoms with Crippen molar-refractivity contribution in [3.8, 4) is 0 Å². The number of piperidine rings is 1. The van der Waals surface area contributed by atoms with Crippen LogP contribution in [0.1, 0.15) is 30.9 Å². The Labute approximate surface area is 108 Å². The first kappa shape index (κ1) is 13.5. The van der Waals surface area contributed by atoms with Gasteiger partial charge in [0, 0.05) is 6.54 Å². The lowest BCUT2D eigenvalue weighted by atomic mass is 9.92. The van der Waals surface area contributed by atoms with Crippen molar-refractivity contribution in [2.45, 2.75) is 39.3 Å². The molecule has 18 heavy (non-hydrogen) atoms. The van der Waals surface area contributed by atoms with Crippen molar-refractivity contribution in [3.63, 3.8) is 0 Å². The van der Waals surface area contributed by atoms with Crippen LogP contribution in [0, 0.1) is 18.7 Å². The number of hydrogen-bond donors (Lipinski definition) is 1. The van der Waals surface area contributed by atoms with Crippen molar-refractivity contribution in [1.29, 1.82) is 0 Å². The van der Waals surface area contributed by atoms with Crippen molar-refractivity contribution in [2.24, 2.45) is 5.92 Å². The summed E-state index contributed by atoms with van der Waals surface area (Å²) < 4.78 is 13.2. The van der Waals surface area contributed by atoms with Gasteiger partial charge in [-0.1, -0.05) is 12.1 Å². The minimum Gasteiger partial charge on any atom is -0.393 e. The van der Waals surface area contributed by atoms with Gasteiger partial charge in [-0.3, -0.25) is 4.90 Å². The molecule has 1 N–H and O–H groups in total. The van der Waals surface area contributed by atoms with E-state index in [9.17, 15) is 9.50 Å². The molecule has 1 aliphatic rings. The monoisotopic (exact) mass is 251 g/mol. The number of aliphatic hydroxyl groups excluding tert-OH is 1. The van der Waals surface area contributed by atoms with Crippen LogP contribution in [-0.2, 0) is 6.54 Å². The summed E-state index contributed by atoms with van der Waals surface area (Å²) in [4.78, 5) is 2.38. The van der Waals surface area contributed by atoms with Crippen LogP contribution in [0.2, 0.25) is 0 Å². The fourth-order valence-corrected chi connectivity index (χ4v) is 2.66. The SMILES string of the molecule is Cc1cc(CN2CCC(C(C)O)CC2)ccc1F. The minimum absolute atomic E-state index is 0.133. The maximum absolute atomic E-state index is 13.2. The molecule has 1 aliphatic heterocycles. The zero-order valence-corrected chi connectivity index (χ0v) is 11.2. The van der Waals surface area contributed by atoms with Crippen LogP contribution in [-0.4, -0.2) is 29.2 Å². The van der Waals surface area contributed by atoms with Crippen LogP contribution in [0.5, 0.6) is 0 Å². The molecule has 0 aliphatic carbocycles. The maximum atomic E-state index is 13.2. The van der Waals surface area contributed by atoms with E-state index in [4.69, 9.17) is 0 Å². The lowest BCUT2D eigenvalue weighted by Gasteiger charge is -2.33. The molecule has 0 amide bonds. The van der Waals surface area contributed by atoms with E-state index in [2.05, 4.69) is 4.90 Å². The van der Waals surface area contributed by atoms with Gasteiger partial charge in [0.15, 0.2) is 0 Å². The topological polar surface area (TPSA) is 23.5 Å². The van der Waals surface area contributed by atoms with Gasteiger partial charge in [-0.05, 0) is 62.9 Å². The lowest BCUT2D eigenvalue weighted by molar-refractivity contribution is 0.0695. The highest BCUT2D eigenvalue weighted by Gasteiger charge is 2.22. The summed E-state index contributed by atoms with van der Waals surface area (Å²) in [6.07, 6.45) is 1.91. The lowest BCUT2D eigenvalue weighted by Crippen LogP contribution is -2.36. The predicted octanol–water partition coefficient (Wildman–Crippen LogP) is 2.73. The van der Waals surface area contributed by atoms with E-state index in [1.165, 1.54) is 5.56 Å². The molecule has 0 aromatic heterocycles. The molecule has 0 radical (unpaired) electrons. The van der Waals surface area contributed by atoms with Gasteiger partial charge in [0.2, 0.25) is 0 Å². The number of aryl methyl sites for hydroxylation is 1. The van der Waals surface area contributed by atoms with Gasteiger partial charge in [0.1, 0.15) is 5.82 Å². The molecule has 0 saturated carbocycles. The molecule has 1 atom stereocenters. The average Bonchev–Trinajstić information content (AvgIpc) is 2.34. The van der Waals surface area contributed by atoms with E-state index >= 15 is 0 Å². The van der Waals surface area contributed by atoms with Crippen molar-refractivity contribution >= 4 is 0 Å². The zero-order chi connectivity index (χ0) is 13.1. The van der Waals surface area contributed by atoms with Gasteiger partial charge in [0.05, 0.1) is 6.10 Å². The number of likely N-dealkylation sites (tertiary alicyclic amines) is 1. The third kappa shape index (κ3) is 3.30. The molecule has 1 heterocycles. The van der Waals surface area contributed by atoms with E-state index in [0.29, 0.717) is 11.5 Å². The molecule has 100 valence electrons. The van der Waals surface area contributed by atoms with Crippen LogP contribution in [0.25, 0.3) is 0 Å². The summed E-state index contributed by atoms with van der Waals surface area (Å²) in [5, 5.41) is 9.56. The summed E-state index contributed by atoms with van der Waals surface area (Å²) >= 11 is 0. The maximum Gasteiger partial charge on any atom is 0.126 e. The summed E-state index contributed by atoms with van der Waals surface area (Å²) in [6, 6.07) is 5.34. The second-order valence-corrected chi connectivity index (χ2v) is 5.44. The highest BCUT2D eigenvalue weighted by Crippen LogP contribution is 2.22. The Hall–Kier alpha value is -0.930. The van der Waals surface area contributed by atoms with Gasteiger partial charge in [-0.2, -0.15) is 0 Å². The summed E-state index contributed by atoms with van der Waals surface area (Å²) in [6.45, 7) is 6.60. The second kappa shape index (κ2) is 5.81. The standard InChI is InChI=1S/C15H22FNO/c1-11-9-13(3-4-15(11)16)10-17-7-5-14(6-8-17)12(2)18/h3-4,9,12,14,18H,5-8,10H2,1-2H3. The molecule has 1 fully saturated rings. The van der Waals surface area contributed by atoms with E-state index < -0.39 is 0 Å². The Morgan fingerprint density at radius 2 is 2.06 bits per heavy atom. The predicted molar refractivity (Wildman–Crippen MR) is 70.8 cm³/mol. The number of rotatable bonds is 3. The third-order valence-electron chi connectivity index (χ3n) is 3.94. The minimum atomic E-state index is -0.194. The molecule has 1 aromatic rings. The van der Waals surface area contributed by atoms with Crippen LogP contribution in [0.15, 0.2) is 18.2 Å². The Morgan fingerprint density at radius 1 is 1.39 bits per heavy atom. The first-order chi connectivity index (χ1) is 8.56. The van der Waals surface area contributed by atoms with Crippen molar-refractivity contribution in [1.82, 2.24) is 4.90 Å². The molecular weight excluding hydrogens is 229 g/mol. The molecule has 0 spiro atoms. The fraction of sp³-hybridized carbons (Fsp3) is 0.600. The average molecular weight is 251 g/mol. The number of hydrogen-bond acceptors (Lipinski definition) is 2. The third-order valence-corrected chi connectivity index (χ3v) is 3.94. The largest absolute Gasteiger partial charge is 0.393 e. The Bertz CT molecular complexity index is 397. The van der Waals surface area contributed by atoms with Crippen LogP contribution in [0.4, 0.5) is 4.39 Å². The van der Waals surface area contributed by atoms with Crippen LogP contribution >= 0.6 is 0 Å². The first-order valence-electron chi connectivity index (χ1n) is 6.71. The molecule has 0 bridgehead atoms. The highest BCUT2D eigenvalue weighted by molar-refractivity contribution is 5.23. The molecule has 3 heteroatoms. The second-order valence-electron chi connectivity index (χ2n) is 5.44. The first-order valence-corrected chi connectivity index (χ1v) is 6.71. The van der Waals surface area contributed by atoms with E-state index in [1.807, 2.05) is 19.1 Å². The summed E-state index contributed by atoms with van der Waals surface area (Å²) in [5.74, 6) is 0.308. The smallest absolute Gasteiger partial charge is 0.126 e. The summed E-state index contributed by atoms with van der Waals surface area (Å²) in [7, 11) is 0. The molecule has 1 aromatic carbocycles. The number of nitrogens with zero attached hydrogens (tertiary/aromatic N) is 1. The van der Waals surface area contributed by atoms with Gasteiger partial charge in [-0.15, -0.1) is 0 Å². The van der Waals surface area contributed by atoms with Gasteiger partial charge in [0.25, 0.3) is 0 Å². The molecule has 2 nitrogen and oxygen atoms in total. The Morgan fingerprint density at radius 3 is 2.61 bits per heavy atom. The quantitative estimate of drug-likeness (QED) is 0.893. The number of halogens is 1. The normalized spacial score (nSPS) is 20.0. The summed E-state index contributed by atoms with van der Waals surface area (Å²) in [5.41, 5.74) is 1.88. The van der Waals surface area contributed by atoms with E-state index in [1.54, 1.807) is 13.0 Å². The van der Waals surface area contributed by atoms with Gasteiger partial charge < -0.3 is 5.11 Å². The zero-order valence-electron chi connectivity index (χ0n) is 11.2. The van der Waals surface area contributed by atoms with Crippen molar-refractivity contribution < 1.29 is 9.50 Å². The highest BCUT2D eigenvalue weighted by atomic mass is 19.1. The molecule has 1 unspecified atom stereocenters. The number of benzene rings is 1. The van der Waals surface area contributed by atoms with Gasteiger partial charge >= 0.3 is 0 Å². The molecule has 1 saturated heterocycles. The Kier molecular flexibility index (Phi) is 4.36. The van der Waals surface area contributed by atoms with Crippen LogP contribution < -0.4 is 0 Å². The van der Waals surface area contributed by atoms with E-state index in [0.717, 1.165) is 32.5 Å². The van der Waals surface area contributed by atoms with E-state index in [-0.39, 0.29) is 11.9 Å².